The van der Waals surface area contributed by atoms with Gasteiger partial charge in [0.05, 0.1) is 17.4 Å². The SMILES string of the molecule is CCOC(=O)C1CCN(c2ncnc(Nc3ccc(NC(C)=O)cc3)c2[N+](=O)[O-])CC1. The molecule has 2 heterocycles. The average molecular weight is 428 g/mol. The maximum Gasteiger partial charge on any atom is 0.353 e. The lowest BCUT2D eigenvalue weighted by atomic mass is 9.97. The number of nitrogens with one attached hydrogen (secondary N) is 2. The highest BCUT2D eigenvalue weighted by Gasteiger charge is 2.32. The first kappa shape index (κ1) is 21.9. The Bertz CT molecular complexity index is 957. The van der Waals surface area contributed by atoms with Crippen LogP contribution in [-0.4, -0.2) is 46.5 Å². The molecule has 1 fully saturated rings. The van der Waals surface area contributed by atoms with Gasteiger partial charge in [-0.2, -0.15) is 0 Å². The summed E-state index contributed by atoms with van der Waals surface area (Å²) >= 11 is 0. The van der Waals surface area contributed by atoms with Crippen molar-refractivity contribution >= 4 is 40.6 Å². The molecule has 1 aliphatic heterocycles. The van der Waals surface area contributed by atoms with E-state index in [0.717, 1.165) is 0 Å². The molecule has 0 spiro atoms. The van der Waals surface area contributed by atoms with Crippen LogP contribution in [0.15, 0.2) is 30.6 Å². The van der Waals surface area contributed by atoms with Crippen molar-refractivity contribution in [3.63, 3.8) is 0 Å². The molecule has 0 unspecified atom stereocenters. The lowest BCUT2D eigenvalue weighted by Gasteiger charge is -2.31. The number of nitrogens with zero attached hydrogens (tertiary/aromatic N) is 4. The van der Waals surface area contributed by atoms with Crippen molar-refractivity contribution in [3.05, 3.63) is 40.7 Å². The van der Waals surface area contributed by atoms with Crippen LogP contribution in [0.5, 0.6) is 0 Å². The fourth-order valence-corrected chi connectivity index (χ4v) is 3.42. The molecule has 11 heteroatoms. The van der Waals surface area contributed by atoms with E-state index in [1.807, 2.05) is 0 Å². The van der Waals surface area contributed by atoms with Gasteiger partial charge in [0.25, 0.3) is 0 Å². The minimum Gasteiger partial charge on any atom is -0.466 e. The molecule has 2 aromatic rings. The van der Waals surface area contributed by atoms with Gasteiger partial charge in [0, 0.05) is 31.4 Å². The summed E-state index contributed by atoms with van der Waals surface area (Å²) in [5, 5.41) is 17.5. The van der Waals surface area contributed by atoms with Crippen molar-refractivity contribution in [1.82, 2.24) is 9.97 Å². The van der Waals surface area contributed by atoms with Gasteiger partial charge in [0.1, 0.15) is 6.33 Å². The number of anilines is 4. The summed E-state index contributed by atoms with van der Waals surface area (Å²) in [5.41, 5.74) is 0.950. The van der Waals surface area contributed by atoms with Crippen molar-refractivity contribution in [2.24, 2.45) is 5.92 Å². The van der Waals surface area contributed by atoms with E-state index in [4.69, 9.17) is 4.74 Å². The maximum absolute atomic E-state index is 11.9. The van der Waals surface area contributed by atoms with Crippen LogP contribution in [0, 0.1) is 16.0 Å². The number of esters is 1. The second kappa shape index (κ2) is 9.83. The molecule has 0 aliphatic carbocycles. The summed E-state index contributed by atoms with van der Waals surface area (Å²) in [4.78, 5) is 44.4. The molecule has 0 saturated carbocycles. The number of ether oxygens (including phenoxy) is 1. The van der Waals surface area contributed by atoms with Gasteiger partial charge in [-0.1, -0.05) is 0 Å². The molecular formula is C20H24N6O5. The van der Waals surface area contributed by atoms with Crippen molar-refractivity contribution in [2.75, 3.05) is 35.2 Å². The van der Waals surface area contributed by atoms with E-state index in [-0.39, 0.29) is 35.1 Å². The van der Waals surface area contributed by atoms with Gasteiger partial charge in [-0.15, -0.1) is 0 Å². The van der Waals surface area contributed by atoms with Gasteiger partial charge >= 0.3 is 11.7 Å². The van der Waals surface area contributed by atoms with Crippen molar-refractivity contribution in [1.29, 1.82) is 0 Å². The van der Waals surface area contributed by atoms with Crippen molar-refractivity contribution in [2.45, 2.75) is 26.7 Å². The summed E-state index contributed by atoms with van der Waals surface area (Å²) in [6, 6.07) is 6.72. The van der Waals surface area contributed by atoms with E-state index in [9.17, 15) is 19.7 Å². The Morgan fingerprint density at radius 3 is 2.42 bits per heavy atom. The fourth-order valence-electron chi connectivity index (χ4n) is 3.42. The van der Waals surface area contributed by atoms with Gasteiger partial charge < -0.3 is 20.3 Å². The number of piperidine rings is 1. The first-order valence-electron chi connectivity index (χ1n) is 9.94. The molecule has 1 aromatic heterocycles. The number of benzene rings is 1. The number of amides is 1. The minimum atomic E-state index is -0.513. The Balaban J connectivity index is 1.78. The van der Waals surface area contributed by atoms with Crippen LogP contribution in [0.4, 0.5) is 28.7 Å². The third-order valence-corrected chi connectivity index (χ3v) is 4.87. The quantitative estimate of drug-likeness (QED) is 0.387. The van der Waals surface area contributed by atoms with Crippen LogP contribution in [-0.2, 0) is 14.3 Å². The molecule has 0 bridgehead atoms. The predicted molar refractivity (Wildman–Crippen MR) is 114 cm³/mol. The molecular weight excluding hydrogens is 404 g/mol. The third-order valence-electron chi connectivity index (χ3n) is 4.87. The van der Waals surface area contributed by atoms with E-state index in [0.29, 0.717) is 43.9 Å². The second-order valence-electron chi connectivity index (χ2n) is 7.05. The zero-order chi connectivity index (χ0) is 22.4. The number of carbonyl (C=O) groups is 2. The number of carbonyl (C=O) groups excluding carboxylic acids is 2. The molecule has 1 aromatic carbocycles. The first-order chi connectivity index (χ1) is 14.9. The van der Waals surface area contributed by atoms with Gasteiger partial charge in [0.2, 0.25) is 17.5 Å². The zero-order valence-electron chi connectivity index (χ0n) is 17.3. The van der Waals surface area contributed by atoms with Crippen LogP contribution in [0.2, 0.25) is 0 Å². The minimum absolute atomic E-state index is 0.0646. The molecule has 31 heavy (non-hydrogen) atoms. The highest BCUT2D eigenvalue weighted by atomic mass is 16.6. The third kappa shape index (κ3) is 5.44. The molecule has 3 rings (SSSR count). The Hall–Kier alpha value is -3.76. The van der Waals surface area contributed by atoms with E-state index < -0.39 is 4.92 Å². The number of hydrogen-bond acceptors (Lipinski definition) is 9. The number of aromatic nitrogens is 2. The van der Waals surface area contributed by atoms with Gasteiger partial charge in [0.15, 0.2) is 0 Å². The van der Waals surface area contributed by atoms with Crippen LogP contribution < -0.4 is 15.5 Å². The van der Waals surface area contributed by atoms with Crippen molar-refractivity contribution < 1.29 is 19.2 Å². The summed E-state index contributed by atoms with van der Waals surface area (Å²) in [6.45, 7) is 4.41. The van der Waals surface area contributed by atoms with Gasteiger partial charge in [-0.05, 0) is 44.0 Å². The highest BCUT2D eigenvalue weighted by molar-refractivity contribution is 5.89. The number of rotatable bonds is 7. The van der Waals surface area contributed by atoms with E-state index in [2.05, 4.69) is 20.6 Å². The summed E-state index contributed by atoms with van der Waals surface area (Å²) in [7, 11) is 0. The van der Waals surface area contributed by atoms with E-state index in [1.165, 1.54) is 13.3 Å². The zero-order valence-corrected chi connectivity index (χ0v) is 17.3. The summed E-state index contributed by atoms with van der Waals surface area (Å²) < 4.78 is 5.07. The molecule has 11 nitrogen and oxygen atoms in total. The Labute approximate surface area is 179 Å². The monoisotopic (exact) mass is 428 g/mol. The van der Waals surface area contributed by atoms with Crippen LogP contribution in [0.1, 0.15) is 26.7 Å². The van der Waals surface area contributed by atoms with Gasteiger partial charge in [-0.3, -0.25) is 19.7 Å². The lowest BCUT2D eigenvalue weighted by molar-refractivity contribution is -0.383. The lowest BCUT2D eigenvalue weighted by Crippen LogP contribution is -2.37. The Morgan fingerprint density at radius 2 is 1.84 bits per heavy atom. The van der Waals surface area contributed by atoms with Crippen LogP contribution in [0.3, 0.4) is 0 Å². The van der Waals surface area contributed by atoms with E-state index >= 15 is 0 Å². The number of hydrogen-bond donors (Lipinski definition) is 2. The molecule has 2 N–H and O–H groups in total. The molecule has 1 aliphatic rings. The smallest absolute Gasteiger partial charge is 0.353 e. The molecule has 0 atom stereocenters. The number of nitro groups is 1. The standard InChI is InChI=1S/C20H24N6O5/c1-3-31-20(28)14-8-10-25(11-9-14)19-17(26(29)30)18(21-12-22-19)24-16-6-4-15(5-7-16)23-13(2)27/h4-7,12,14H,3,8-11H2,1-2H3,(H,23,27)(H,21,22,24). The normalized spacial score (nSPS) is 14.1. The highest BCUT2D eigenvalue weighted by Crippen LogP contribution is 2.35. The second-order valence-corrected chi connectivity index (χ2v) is 7.05. The van der Waals surface area contributed by atoms with Gasteiger partial charge in [-0.25, -0.2) is 9.97 Å². The molecule has 1 saturated heterocycles. The Kier molecular flexibility index (Phi) is 6.96. The van der Waals surface area contributed by atoms with Crippen molar-refractivity contribution in [3.8, 4) is 0 Å². The molecule has 1 amide bonds. The molecule has 164 valence electrons. The predicted octanol–water partition coefficient (Wildman–Crippen LogP) is 2.87. The maximum atomic E-state index is 11.9. The first-order valence-corrected chi connectivity index (χ1v) is 9.94. The fraction of sp³-hybridized carbons (Fsp3) is 0.400. The largest absolute Gasteiger partial charge is 0.466 e. The average Bonchev–Trinajstić information content (AvgIpc) is 2.75. The summed E-state index contributed by atoms with van der Waals surface area (Å²) in [6.07, 6.45) is 2.34. The van der Waals surface area contributed by atoms with E-state index in [1.54, 1.807) is 36.1 Å². The van der Waals surface area contributed by atoms with Crippen LogP contribution in [0.25, 0.3) is 0 Å². The Morgan fingerprint density at radius 1 is 1.19 bits per heavy atom. The topological polar surface area (TPSA) is 140 Å². The summed E-state index contributed by atoms with van der Waals surface area (Å²) in [5.74, 6) is -0.362. The molecule has 0 radical (unpaired) electrons. The van der Waals surface area contributed by atoms with Crippen LogP contribution >= 0.6 is 0 Å².